The van der Waals surface area contributed by atoms with Gasteiger partial charge in [-0.15, -0.1) is 11.8 Å². The number of hydrogen-bond acceptors (Lipinski definition) is 6. The van der Waals surface area contributed by atoms with Gasteiger partial charge in [0.05, 0.1) is 21.8 Å². The maximum absolute atomic E-state index is 12.4. The van der Waals surface area contributed by atoms with Crippen LogP contribution in [0.2, 0.25) is 0 Å². The molecule has 0 unspecified atom stereocenters. The number of sulfonamides is 1. The Morgan fingerprint density at radius 2 is 1.96 bits per heavy atom. The van der Waals surface area contributed by atoms with Crippen molar-refractivity contribution in [3.63, 3.8) is 0 Å². The van der Waals surface area contributed by atoms with Crippen molar-refractivity contribution in [2.45, 2.75) is 9.92 Å². The van der Waals surface area contributed by atoms with E-state index in [1.54, 1.807) is 12.1 Å². The van der Waals surface area contributed by atoms with E-state index in [-0.39, 0.29) is 4.90 Å². The molecule has 3 aromatic rings. The molecule has 0 amide bonds. The standard InChI is InChI=1S/C15H12N2O4S2/c1-22-14-6-3-11(9-16-14)17-23(19,20)12-4-5-13-10(8-12)2-7-15(18)21-13/h2-9,17H,1H3. The third kappa shape index (κ3) is 3.38. The van der Waals surface area contributed by atoms with Crippen LogP contribution in [0.4, 0.5) is 5.69 Å². The van der Waals surface area contributed by atoms with E-state index in [0.29, 0.717) is 16.7 Å². The van der Waals surface area contributed by atoms with Crippen LogP contribution in [0.3, 0.4) is 0 Å². The fourth-order valence-corrected chi connectivity index (χ4v) is 3.43. The second-order valence-electron chi connectivity index (χ2n) is 4.65. The molecule has 1 N–H and O–H groups in total. The summed E-state index contributed by atoms with van der Waals surface area (Å²) in [6.07, 6.45) is 3.35. The number of rotatable bonds is 4. The van der Waals surface area contributed by atoms with Crippen molar-refractivity contribution in [1.82, 2.24) is 4.98 Å². The molecule has 0 radical (unpaired) electrons. The van der Waals surface area contributed by atoms with E-state index in [9.17, 15) is 13.2 Å². The fourth-order valence-electron chi connectivity index (χ4n) is 1.99. The molecule has 0 aliphatic rings. The number of nitrogens with one attached hydrogen (secondary N) is 1. The number of aromatic nitrogens is 1. The van der Waals surface area contributed by atoms with Crippen molar-refractivity contribution >= 4 is 38.4 Å². The summed E-state index contributed by atoms with van der Waals surface area (Å²) < 4.78 is 32.3. The molecular formula is C15H12N2O4S2. The Hall–Kier alpha value is -2.32. The van der Waals surface area contributed by atoms with Crippen LogP contribution in [0.25, 0.3) is 11.0 Å². The Bertz CT molecular complexity index is 1010. The molecule has 1 aromatic carbocycles. The molecular weight excluding hydrogens is 336 g/mol. The smallest absolute Gasteiger partial charge is 0.336 e. The Morgan fingerprint density at radius 1 is 1.13 bits per heavy atom. The van der Waals surface area contributed by atoms with Crippen LogP contribution in [-0.2, 0) is 10.0 Å². The molecule has 0 spiro atoms. The molecule has 3 rings (SSSR count). The van der Waals surface area contributed by atoms with E-state index in [2.05, 4.69) is 9.71 Å². The molecule has 118 valence electrons. The van der Waals surface area contributed by atoms with Crippen molar-refractivity contribution in [2.24, 2.45) is 0 Å². The van der Waals surface area contributed by atoms with Crippen LogP contribution in [0.15, 0.2) is 67.8 Å². The number of nitrogens with zero attached hydrogens (tertiary/aromatic N) is 1. The minimum absolute atomic E-state index is 0.0767. The first kappa shape index (κ1) is 15.6. The van der Waals surface area contributed by atoms with Gasteiger partial charge in [-0.05, 0) is 42.7 Å². The second kappa shape index (κ2) is 6.05. The van der Waals surface area contributed by atoms with Gasteiger partial charge >= 0.3 is 5.63 Å². The highest BCUT2D eigenvalue weighted by Gasteiger charge is 2.15. The largest absolute Gasteiger partial charge is 0.423 e. The van der Waals surface area contributed by atoms with Gasteiger partial charge < -0.3 is 4.42 Å². The maximum Gasteiger partial charge on any atom is 0.336 e. The highest BCUT2D eigenvalue weighted by Crippen LogP contribution is 2.21. The number of thioether (sulfide) groups is 1. The van der Waals surface area contributed by atoms with Crippen molar-refractivity contribution in [3.8, 4) is 0 Å². The van der Waals surface area contributed by atoms with Gasteiger partial charge in [0, 0.05) is 11.5 Å². The minimum Gasteiger partial charge on any atom is -0.423 e. The third-order valence-electron chi connectivity index (χ3n) is 3.10. The molecule has 0 saturated heterocycles. The Kier molecular flexibility index (Phi) is 4.10. The summed E-state index contributed by atoms with van der Waals surface area (Å²) in [6.45, 7) is 0. The van der Waals surface area contributed by atoms with Crippen molar-refractivity contribution in [2.75, 3.05) is 11.0 Å². The molecule has 0 saturated carbocycles. The third-order valence-corrected chi connectivity index (χ3v) is 5.14. The Labute approximate surface area is 136 Å². The molecule has 0 fully saturated rings. The average Bonchev–Trinajstić information content (AvgIpc) is 2.54. The highest BCUT2D eigenvalue weighted by atomic mass is 32.2. The van der Waals surface area contributed by atoms with Crippen LogP contribution in [0, 0.1) is 0 Å². The van der Waals surface area contributed by atoms with Crippen LogP contribution in [0.5, 0.6) is 0 Å². The summed E-state index contributed by atoms with van der Waals surface area (Å²) in [5, 5.41) is 1.33. The van der Waals surface area contributed by atoms with Crippen LogP contribution in [-0.4, -0.2) is 19.7 Å². The molecule has 0 atom stereocenters. The Morgan fingerprint density at radius 3 is 2.65 bits per heavy atom. The van der Waals surface area contributed by atoms with E-state index in [1.165, 1.54) is 48.3 Å². The first-order valence-electron chi connectivity index (χ1n) is 6.55. The number of benzene rings is 1. The second-order valence-corrected chi connectivity index (χ2v) is 7.16. The summed E-state index contributed by atoms with van der Waals surface area (Å²) in [5.74, 6) is 0. The summed E-state index contributed by atoms with van der Waals surface area (Å²) in [7, 11) is -3.75. The molecule has 2 aromatic heterocycles. The van der Waals surface area contributed by atoms with Crippen molar-refractivity contribution < 1.29 is 12.8 Å². The number of hydrogen-bond donors (Lipinski definition) is 1. The number of anilines is 1. The van der Waals surface area contributed by atoms with Gasteiger partial charge in [0.25, 0.3) is 10.0 Å². The van der Waals surface area contributed by atoms with Gasteiger partial charge in [0.15, 0.2) is 0 Å². The van der Waals surface area contributed by atoms with Crippen LogP contribution >= 0.6 is 11.8 Å². The van der Waals surface area contributed by atoms with Gasteiger partial charge in [-0.25, -0.2) is 18.2 Å². The molecule has 0 aliphatic carbocycles. The lowest BCUT2D eigenvalue weighted by molar-refractivity contribution is 0.560. The van der Waals surface area contributed by atoms with E-state index in [0.717, 1.165) is 5.03 Å². The molecule has 0 bridgehead atoms. The summed E-state index contributed by atoms with van der Waals surface area (Å²) in [6, 6.07) is 10.4. The van der Waals surface area contributed by atoms with Crippen molar-refractivity contribution in [1.29, 1.82) is 0 Å². The van der Waals surface area contributed by atoms with E-state index in [1.807, 2.05) is 6.26 Å². The van der Waals surface area contributed by atoms with E-state index < -0.39 is 15.6 Å². The zero-order chi connectivity index (χ0) is 16.4. The lowest BCUT2D eigenvalue weighted by Crippen LogP contribution is -2.13. The maximum atomic E-state index is 12.4. The first-order valence-corrected chi connectivity index (χ1v) is 9.25. The zero-order valence-corrected chi connectivity index (χ0v) is 13.6. The summed E-state index contributed by atoms with van der Waals surface area (Å²) in [4.78, 5) is 15.4. The molecule has 2 heterocycles. The van der Waals surface area contributed by atoms with Crippen LogP contribution < -0.4 is 10.3 Å². The molecule has 0 aliphatic heterocycles. The molecule has 6 nitrogen and oxygen atoms in total. The SMILES string of the molecule is CSc1ccc(NS(=O)(=O)c2ccc3oc(=O)ccc3c2)cn1. The molecule has 8 heteroatoms. The monoisotopic (exact) mass is 348 g/mol. The predicted molar refractivity (Wildman–Crippen MR) is 89.3 cm³/mol. The van der Waals surface area contributed by atoms with Gasteiger partial charge in [0.1, 0.15) is 5.58 Å². The predicted octanol–water partition coefficient (Wildman–Crippen LogP) is 2.71. The lowest BCUT2D eigenvalue weighted by atomic mass is 10.2. The van der Waals surface area contributed by atoms with Crippen molar-refractivity contribution in [3.05, 3.63) is 59.1 Å². The normalized spacial score (nSPS) is 11.5. The summed E-state index contributed by atoms with van der Waals surface area (Å²) >= 11 is 1.47. The van der Waals surface area contributed by atoms with Gasteiger partial charge in [-0.1, -0.05) is 0 Å². The van der Waals surface area contributed by atoms with E-state index >= 15 is 0 Å². The lowest BCUT2D eigenvalue weighted by Gasteiger charge is -2.08. The minimum atomic E-state index is -3.75. The molecule has 23 heavy (non-hydrogen) atoms. The van der Waals surface area contributed by atoms with Gasteiger partial charge in [-0.2, -0.15) is 0 Å². The number of fused-ring (bicyclic) bond motifs is 1. The van der Waals surface area contributed by atoms with Gasteiger partial charge in [-0.3, -0.25) is 4.72 Å². The highest BCUT2D eigenvalue weighted by molar-refractivity contribution is 7.98. The van der Waals surface area contributed by atoms with Crippen LogP contribution in [0.1, 0.15) is 0 Å². The first-order chi connectivity index (χ1) is 11.0. The number of pyridine rings is 1. The topological polar surface area (TPSA) is 89.3 Å². The zero-order valence-electron chi connectivity index (χ0n) is 12.0. The quantitative estimate of drug-likeness (QED) is 0.576. The van der Waals surface area contributed by atoms with Gasteiger partial charge in [0.2, 0.25) is 0 Å². The average molecular weight is 348 g/mol. The Balaban J connectivity index is 1.95. The fraction of sp³-hybridized carbons (Fsp3) is 0.0667. The van der Waals surface area contributed by atoms with E-state index in [4.69, 9.17) is 4.42 Å². The summed E-state index contributed by atoms with van der Waals surface area (Å²) in [5.41, 5.74) is 0.233.